The van der Waals surface area contributed by atoms with Gasteiger partial charge in [-0.05, 0) is 29.8 Å². The van der Waals surface area contributed by atoms with Gasteiger partial charge in [0.2, 0.25) is 0 Å². The van der Waals surface area contributed by atoms with Crippen LogP contribution < -0.4 is 19.9 Å². The first-order chi connectivity index (χ1) is 12.2. The predicted molar refractivity (Wildman–Crippen MR) is 94.6 cm³/mol. The summed E-state index contributed by atoms with van der Waals surface area (Å²) in [5.74, 6) is 0.322. The molecule has 1 amide bonds. The van der Waals surface area contributed by atoms with E-state index in [2.05, 4.69) is 10.2 Å². The van der Waals surface area contributed by atoms with Crippen LogP contribution >= 0.6 is 0 Å². The van der Waals surface area contributed by atoms with E-state index < -0.39 is 0 Å². The summed E-state index contributed by atoms with van der Waals surface area (Å²) in [6.07, 6.45) is 0. The number of nitrogens with zero attached hydrogens (tertiary/aromatic N) is 2. The van der Waals surface area contributed by atoms with Crippen LogP contribution in [0.25, 0.3) is 0 Å². The predicted octanol–water partition coefficient (Wildman–Crippen LogP) is 2.16. The Hall–Kier alpha value is -2.60. The zero-order chi connectivity index (χ0) is 17.2. The van der Waals surface area contributed by atoms with E-state index in [0.29, 0.717) is 6.54 Å². The maximum absolute atomic E-state index is 13.5. The monoisotopic (exact) mass is 341 g/mol. The van der Waals surface area contributed by atoms with E-state index in [1.54, 1.807) is 11.0 Å². The molecule has 5 nitrogen and oxygen atoms in total. The van der Waals surface area contributed by atoms with Gasteiger partial charge in [-0.3, -0.25) is 4.79 Å². The molecule has 1 fully saturated rings. The topological polar surface area (TPSA) is 44.8 Å². The van der Waals surface area contributed by atoms with Crippen LogP contribution in [0.2, 0.25) is 0 Å². The number of amides is 1. The molecule has 25 heavy (non-hydrogen) atoms. The SMILES string of the molecule is O=C1COc2c(N3CCNCC3)cccc2N1Cc1cccc(F)c1. The lowest BCUT2D eigenvalue weighted by atomic mass is 10.1. The number of piperazine rings is 1. The molecule has 0 bridgehead atoms. The third-order valence-corrected chi connectivity index (χ3v) is 4.59. The molecular formula is C19H20FN3O2. The van der Waals surface area contributed by atoms with Gasteiger partial charge in [0.1, 0.15) is 5.82 Å². The molecule has 0 aliphatic carbocycles. The number of hydrogen-bond acceptors (Lipinski definition) is 4. The van der Waals surface area contributed by atoms with E-state index in [-0.39, 0.29) is 18.3 Å². The van der Waals surface area contributed by atoms with Crippen LogP contribution in [0.3, 0.4) is 0 Å². The first-order valence-electron chi connectivity index (χ1n) is 8.49. The van der Waals surface area contributed by atoms with Crippen molar-refractivity contribution in [3.63, 3.8) is 0 Å². The van der Waals surface area contributed by atoms with Crippen LogP contribution in [-0.4, -0.2) is 38.7 Å². The minimum Gasteiger partial charge on any atom is -0.479 e. The second kappa shape index (κ2) is 6.72. The van der Waals surface area contributed by atoms with Gasteiger partial charge >= 0.3 is 0 Å². The van der Waals surface area contributed by atoms with Crippen molar-refractivity contribution in [2.75, 3.05) is 42.6 Å². The van der Waals surface area contributed by atoms with Crippen molar-refractivity contribution in [3.05, 3.63) is 53.8 Å². The summed E-state index contributed by atoms with van der Waals surface area (Å²) < 4.78 is 19.3. The van der Waals surface area contributed by atoms with Crippen molar-refractivity contribution >= 4 is 17.3 Å². The van der Waals surface area contributed by atoms with E-state index in [4.69, 9.17) is 4.74 Å². The summed E-state index contributed by atoms with van der Waals surface area (Å²) in [6.45, 7) is 3.99. The first kappa shape index (κ1) is 15.9. The normalized spacial score (nSPS) is 17.2. The maximum Gasteiger partial charge on any atom is 0.265 e. The number of benzene rings is 2. The molecule has 2 aliphatic rings. The molecule has 0 atom stereocenters. The molecule has 0 saturated carbocycles. The number of carbonyl (C=O) groups excluding carboxylic acids is 1. The van der Waals surface area contributed by atoms with Gasteiger partial charge in [0.25, 0.3) is 5.91 Å². The van der Waals surface area contributed by atoms with Crippen LogP contribution in [-0.2, 0) is 11.3 Å². The van der Waals surface area contributed by atoms with Gasteiger partial charge in [-0.1, -0.05) is 18.2 Å². The Kier molecular flexibility index (Phi) is 4.28. The molecule has 2 aromatic rings. The summed E-state index contributed by atoms with van der Waals surface area (Å²) in [5.41, 5.74) is 2.51. The highest BCUT2D eigenvalue weighted by atomic mass is 19.1. The van der Waals surface area contributed by atoms with Gasteiger partial charge in [0.05, 0.1) is 17.9 Å². The molecule has 0 aromatic heterocycles. The van der Waals surface area contributed by atoms with Gasteiger partial charge in [0, 0.05) is 26.2 Å². The fourth-order valence-corrected chi connectivity index (χ4v) is 3.37. The lowest BCUT2D eigenvalue weighted by molar-refractivity contribution is -0.121. The highest BCUT2D eigenvalue weighted by molar-refractivity contribution is 5.99. The van der Waals surface area contributed by atoms with Crippen molar-refractivity contribution < 1.29 is 13.9 Å². The van der Waals surface area contributed by atoms with E-state index in [0.717, 1.165) is 48.9 Å². The third-order valence-electron chi connectivity index (χ3n) is 4.59. The molecular weight excluding hydrogens is 321 g/mol. The van der Waals surface area contributed by atoms with Crippen molar-refractivity contribution in [2.24, 2.45) is 0 Å². The molecule has 0 spiro atoms. The smallest absolute Gasteiger partial charge is 0.265 e. The van der Waals surface area contributed by atoms with Crippen molar-refractivity contribution in [1.29, 1.82) is 0 Å². The number of para-hydroxylation sites is 1. The van der Waals surface area contributed by atoms with E-state index in [1.165, 1.54) is 12.1 Å². The quantitative estimate of drug-likeness (QED) is 0.929. The van der Waals surface area contributed by atoms with Crippen LogP contribution in [0, 0.1) is 5.82 Å². The summed E-state index contributed by atoms with van der Waals surface area (Å²) in [5, 5.41) is 3.34. The van der Waals surface area contributed by atoms with Crippen LogP contribution in [0.4, 0.5) is 15.8 Å². The Morgan fingerprint density at radius 1 is 1.08 bits per heavy atom. The number of fused-ring (bicyclic) bond motifs is 1. The fourth-order valence-electron chi connectivity index (χ4n) is 3.37. The zero-order valence-electron chi connectivity index (χ0n) is 13.9. The fraction of sp³-hybridized carbons (Fsp3) is 0.316. The molecule has 1 N–H and O–H groups in total. The lowest BCUT2D eigenvalue weighted by Crippen LogP contribution is -2.44. The molecule has 0 radical (unpaired) electrons. The number of hydrogen-bond donors (Lipinski definition) is 1. The van der Waals surface area contributed by atoms with Gasteiger partial charge in [-0.2, -0.15) is 0 Å². The summed E-state index contributed by atoms with van der Waals surface area (Å²) in [4.78, 5) is 16.4. The van der Waals surface area contributed by atoms with Crippen molar-refractivity contribution in [2.45, 2.75) is 6.54 Å². The second-order valence-electron chi connectivity index (χ2n) is 6.26. The van der Waals surface area contributed by atoms with Gasteiger partial charge in [0.15, 0.2) is 12.4 Å². The number of ether oxygens (including phenoxy) is 1. The molecule has 2 aliphatic heterocycles. The van der Waals surface area contributed by atoms with Crippen molar-refractivity contribution in [1.82, 2.24) is 5.32 Å². The van der Waals surface area contributed by atoms with Crippen LogP contribution in [0.1, 0.15) is 5.56 Å². The Balaban J connectivity index is 1.68. The Morgan fingerprint density at radius 3 is 2.64 bits per heavy atom. The standard InChI is InChI=1S/C19H20FN3O2/c20-15-4-1-3-14(11-15)12-23-17-6-2-5-16(19(17)25-13-18(23)24)22-9-7-21-8-10-22/h1-6,11,21H,7-10,12-13H2. The third kappa shape index (κ3) is 3.17. The molecule has 2 aromatic carbocycles. The highest BCUT2D eigenvalue weighted by Crippen LogP contribution is 2.41. The van der Waals surface area contributed by atoms with E-state index in [1.807, 2.05) is 24.3 Å². The zero-order valence-corrected chi connectivity index (χ0v) is 13.9. The average Bonchev–Trinajstić information content (AvgIpc) is 2.64. The van der Waals surface area contributed by atoms with Crippen molar-refractivity contribution in [3.8, 4) is 5.75 Å². The Bertz CT molecular complexity index is 790. The molecule has 6 heteroatoms. The van der Waals surface area contributed by atoms with Crippen LogP contribution in [0.5, 0.6) is 5.75 Å². The van der Waals surface area contributed by atoms with Gasteiger partial charge in [-0.25, -0.2) is 4.39 Å². The Labute approximate surface area is 146 Å². The molecule has 0 unspecified atom stereocenters. The highest BCUT2D eigenvalue weighted by Gasteiger charge is 2.29. The van der Waals surface area contributed by atoms with E-state index >= 15 is 0 Å². The van der Waals surface area contributed by atoms with Crippen LogP contribution in [0.15, 0.2) is 42.5 Å². The van der Waals surface area contributed by atoms with Gasteiger partial charge < -0.3 is 19.9 Å². The minimum absolute atomic E-state index is 0.00538. The number of carbonyl (C=O) groups is 1. The number of halogens is 1. The summed E-state index contributed by atoms with van der Waals surface area (Å²) >= 11 is 0. The first-order valence-corrected chi connectivity index (χ1v) is 8.49. The van der Waals surface area contributed by atoms with E-state index in [9.17, 15) is 9.18 Å². The molecule has 4 rings (SSSR count). The maximum atomic E-state index is 13.5. The lowest BCUT2D eigenvalue weighted by Gasteiger charge is -2.35. The molecule has 130 valence electrons. The average molecular weight is 341 g/mol. The number of nitrogens with one attached hydrogen (secondary N) is 1. The molecule has 1 saturated heterocycles. The van der Waals surface area contributed by atoms with Gasteiger partial charge in [-0.15, -0.1) is 0 Å². The second-order valence-corrected chi connectivity index (χ2v) is 6.26. The number of anilines is 2. The molecule has 2 heterocycles. The number of rotatable bonds is 3. The minimum atomic E-state index is -0.298. The summed E-state index contributed by atoms with van der Waals surface area (Å²) in [7, 11) is 0. The summed E-state index contributed by atoms with van der Waals surface area (Å²) in [6, 6.07) is 12.2. The Morgan fingerprint density at radius 2 is 1.84 bits per heavy atom. The largest absolute Gasteiger partial charge is 0.479 e.